The van der Waals surface area contributed by atoms with Crippen molar-refractivity contribution in [2.24, 2.45) is 5.73 Å². The highest BCUT2D eigenvalue weighted by atomic mass is 32.2. The van der Waals surface area contributed by atoms with E-state index in [-0.39, 0.29) is 16.7 Å². The second kappa shape index (κ2) is 4.20. The van der Waals surface area contributed by atoms with Gasteiger partial charge in [-0.2, -0.15) is 0 Å². The Labute approximate surface area is 89.7 Å². The molecule has 15 heavy (non-hydrogen) atoms. The zero-order valence-corrected chi connectivity index (χ0v) is 9.58. The van der Waals surface area contributed by atoms with Gasteiger partial charge in [0.2, 0.25) is 0 Å². The van der Waals surface area contributed by atoms with E-state index in [1.54, 1.807) is 6.07 Å². The van der Waals surface area contributed by atoms with Crippen LogP contribution in [0.25, 0.3) is 0 Å². The highest BCUT2D eigenvalue weighted by Crippen LogP contribution is 2.26. The predicted octanol–water partition coefficient (Wildman–Crippen LogP) is 1.21. The fraction of sp³-hybridized carbons (Fsp3) is 0.400. The number of phenols is 1. The van der Waals surface area contributed by atoms with Crippen molar-refractivity contribution in [2.75, 3.05) is 6.26 Å². The van der Waals surface area contributed by atoms with Crippen LogP contribution in [0.2, 0.25) is 0 Å². The molecular formula is C10H15NO3S. The maximum atomic E-state index is 11.2. The number of hydrogen-bond acceptors (Lipinski definition) is 4. The molecule has 3 N–H and O–H groups in total. The Kier molecular flexibility index (Phi) is 3.36. The Balaban J connectivity index is 3.21. The van der Waals surface area contributed by atoms with Crippen molar-refractivity contribution in [1.29, 1.82) is 0 Å². The molecule has 0 unspecified atom stereocenters. The van der Waals surface area contributed by atoms with Crippen molar-refractivity contribution in [1.82, 2.24) is 0 Å². The summed E-state index contributed by atoms with van der Waals surface area (Å²) < 4.78 is 22.4. The molecule has 1 atom stereocenters. The van der Waals surface area contributed by atoms with Crippen LogP contribution in [-0.2, 0) is 9.84 Å². The number of phenolic OH excluding ortho intramolecular Hbond substituents is 1. The summed E-state index contributed by atoms with van der Waals surface area (Å²) in [4.78, 5) is -0.0606. The maximum Gasteiger partial charge on any atom is 0.179 e. The van der Waals surface area contributed by atoms with Gasteiger partial charge in [-0.25, -0.2) is 8.42 Å². The lowest BCUT2D eigenvalue weighted by Gasteiger charge is -2.10. The van der Waals surface area contributed by atoms with E-state index < -0.39 is 9.84 Å². The minimum Gasteiger partial charge on any atom is -0.507 e. The SMILES string of the molecule is CC[C@H](N)c1ccc(S(C)(=O)=O)c(O)c1. The van der Waals surface area contributed by atoms with Crippen molar-refractivity contribution in [3.63, 3.8) is 0 Å². The van der Waals surface area contributed by atoms with E-state index in [1.807, 2.05) is 6.92 Å². The molecule has 1 aromatic carbocycles. The Morgan fingerprint density at radius 1 is 1.47 bits per heavy atom. The molecule has 1 rings (SSSR count). The number of rotatable bonds is 3. The van der Waals surface area contributed by atoms with Gasteiger partial charge in [-0.15, -0.1) is 0 Å². The summed E-state index contributed by atoms with van der Waals surface area (Å²) >= 11 is 0. The van der Waals surface area contributed by atoms with Crippen molar-refractivity contribution in [2.45, 2.75) is 24.3 Å². The van der Waals surface area contributed by atoms with E-state index in [0.29, 0.717) is 0 Å². The van der Waals surface area contributed by atoms with E-state index in [2.05, 4.69) is 0 Å². The minimum absolute atomic E-state index is 0.0606. The van der Waals surface area contributed by atoms with Gasteiger partial charge in [-0.1, -0.05) is 13.0 Å². The number of sulfone groups is 1. The molecule has 0 aliphatic carbocycles. The molecule has 4 nitrogen and oxygen atoms in total. The second-order valence-electron chi connectivity index (χ2n) is 3.51. The molecule has 1 aromatic rings. The molecule has 0 saturated carbocycles. The molecule has 0 aliphatic rings. The van der Waals surface area contributed by atoms with Crippen LogP contribution in [-0.4, -0.2) is 19.8 Å². The highest BCUT2D eigenvalue weighted by molar-refractivity contribution is 7.90. The van der Waals surface area contributed by atoms with Crippen molar-refractivity contribution in [3.8, 4) is 5.75 Å². The summed E-state index contributed by atoms with van der Waals surface area (Å²) in [7, 11) is -3.37. The standard InChI is InChI=1S/C10H15NO3S/c1-3-8(11)7-4-5-10(9(12)6-7)15(2,13)14/h4-6,8,12H,3,11H2,1-2H3/t8-/m0/s1. The second-order valence-corrected chi connectivity index (χ2v) is 5.50. The van der Waals surface area contributed by atoms with Gasteiger partial charge in [-0.3, -0.25) is 0 Å². The van der Waals surface area contributed by atoms with Crippen LogP contribution in [0.4, 0.5) is 0 Å². The molecule has 0 fully saturated rings. The van der Waals surface area contributed by atoms with Crippen LogP contribution in [0, 0.1) is 0 Å². The average Bonchev–Trinajstić information content (AvgIpc) is 2.14. The zero-order valence-electron chi connectivity index (χ0n) is 8.77. The average molecular weight is 229 g/mol. The van der Waals surface area contributed by atoms with Crippen LogP contribution < -0.4 is 5.73 Å². The van der Waals surface area contributed by atoms with Crippen LogP contribution in [0.5, 0.6) is 5.75 Å². The van der Waals surface area contributed by atoms with Gasteiger partial charge in [0.25, 0.3) is 0 Å². The summed E-state index contributed by atoms with van der Waals surface area (Å²) in [5.41, 5.74) is 6.50. The van der Waals surface area contributed by atoms with Gasteiger partial charge in [0.1, 0.15) is 10.6 Å². The number of aromatic hydroxyl groups is 1. The molecule has 0 aliphatic heterocycles. The molecule has 0 heterocycles. The summed E-state index contributed by atoms with van der Waals surface area (Å²) in [5.74, 6) is -0.237. The van der Waals surface area contributed by atoms with Crippen molar-refractivity contribution in [3.05, 3.63) is 23.8 Å². The predicted molar refractivity (Wildman–Crippen MR) is 58.4 cm³/mol. The molecule has 0 amide bonds. The van der Waals surface area contributed by atoms with Crippen LogP contribution in [0.15, 0.2) is 23.1 Å². The fourth-order valence-corrected chi connectivity index (χ4v) is 2.07. The van der Waals surface area contributed by atoms with Gasteiger partial charge < -0.3 is 10.8 Å². The third kappa shape index (κ3) is 2.70. The Hall–Kier alpha value is -1.07. The topological polar surface area (TPSA) is 80.4 Å². The number of hydrogen-bond donors (Lipinski definition) is 2. The van der Waals surface area contributed by atoms with Gasteiger partial charge in [0.15, 0.2) is 9.84 Å². The monoisotopic (exact) mass is 229 g/mol. The quantitative estimate of drug-likeness (QED) is 0.816. The van der Waals surface area contributed by atoms with Crippen LogP contribution >= 0.6 is 0 Å². The van der Waals surface area contributed by atoms with E-state index >= 15 is 0 Å². The maximum absolute atomic E-state index is 11.2. The third-order valence-corrected chi connectivity index (χ3v) is 3.39. The Bertz CT molecular complexity index is 454. The summed E-state index contributed by atoms with van der Waals surface area (Å²) in [6.45, 7) is 1.92. The van der Waals surface area contributed by atoms with Gasteiger partial charge >= 0.3 is 0 Å². The molecule has 5 heteroatoms. The van der Waals surface area contributed by atoms with E-state index in [1.165, 1.54) is 12.1 Å². The van der Waals surface area contributed by atoms with Crippen molar-refractivity contribution >= 4 is 9.84 Å². The third-order valence-electron chi connectivity index (χ3n) is 2.25. The number of benzene rings is 1. The van der Waals surface area contributed by atoms with Crippen LogP contribution in [0.3, 0.4) is 0 Å². The summed E-state index contributed by atoms with van der Waals surface area (Å²) in [6.07, 6.45) is 1.79. The summed E-state index contributed by atoms with van der Waals surface area (Å²) in [5, 5.41) is 9.54. The lowest BCUT2D eigenvalue weighted by atomic mass is 10.1. The lowest BCUT2D eigenvalue weighted by molar-refractivity contribution is 0.457. The number of nitrogens with two attached hydrogens (primary N) is 1. The molecule has 0 aromatic heterocycles. The first kappa shape index (κ1) is 12.0. The van der Waals surface area contributed by atoms with E-state index in [9.17, 15) is 13.5 Å². The van der Waals surface area contributed by atoms with E-state index in [0.717, 1.165) is 18.2 Å². The van der Waals surface area contributed by atoms with E-state index in [4.69, 9.17) is 5.73 Å². The molecule has 0 radical (unpaired) electrons. The smallest absolute Gasteiger partial charge is 0.179 e. The van der Waals surface area contributed by atoms with Gasteiger partial charge in [0, 0.05) is 12.3 Å². The zero-order chi connectivity index (χ0) is 11.6. The lowest BCUT2D eigenvalue weighted by Crippen LogP contribution is -2.09. The highest BCUT2D eigenvalue weighted by Gasteiger charge is 2.14. The Morgan fingerprint density at radius 2 is 2.07 bits per heavy atom. The van der Waals surface area contributed by atoms with Crippen molar-refractivity contribution < 1.29 is 13.5 Å². The molecule has 0 saturated heterocycles. The Morgan fingerprint density at radius 3 is 2.47 bits per heavy atom. The molecule has 0 spiro atoms. The first-order valence-corrected chi connectivity index (χ1v) is 6.54. The van der Waals surface area contributed by atoms with Gasteiger partial charge in [-0.05, 0) is 24.1 Å². The first-order chi connectivity index (χ1) is 6.86. The molecule has 0 bridgehead atoms. The molecular weight excluding hydrogens is 214 g/mol. The fourth-order valence-electron chi connectivity index (χ4n) is 1.31. The minimum atomic E-state index is -3.37. The first-order valence-electron chi connectivity index (χ1n) is 4.64. The molecule has 84 valence electrons. The summed E-state index contributed by atoms with van der Waals surface area (Å²) in [6, 6.07) is 4.24. The normalized spacial score (nSPS) is 13.8. The largest absolute Gasteiger partial charge is 0.507 e. The van der Waals surface area contributed by atoms with Crippen LogP contribution in [0.1, 0.15) is 24.9 Å². The van der Waals surface area contributed by atoms with Gasteiger partial charge in [0.05, 0.1) is 0 Å².